The standard InChI is InChI=1S/C11H16ClN3/c1-15(7-8-3-2-4-8)11-10(13)5-9(12)6-14-11/h5-6,8H,2-4,7,13H2,1H3. The first-order chi connectivity index (χ1) is 7.16. The van der Waals surface area contributed by atoms with Crippen molar-refractivity contribution in [1.29, 1.82) is 0 Å². The number of pyridine rings is 1. The summed E-state index contributed by atoms with van der Waals surface area (Å²) >= 11 is 5.80. The summed E-state index contributed by atoms with van der Waals surface area (Å²) in [6.45, 7) is 1.04. The van der Waals surface area contributed by atoms with Gasteiger partial charge in [-0.15, -0.1) is 0 Å². The number of nitrogens with two attached hydrogens (primary N) is 1. The van der Waals surface area contributed by atoms with Crippen LogP contribution in [0.4, 0.5) is 11.5 Å². The smallest absolute Gasteiger partial charge is 0.151 e. The van der Waals surface area contributed by atoms with Crippen molar-refractivity contribution in [2.24, 2.45) is 5.92 Å². The number of aromatic nitrogens is 1. The lowest BCUT2D eigenvalue weighted by molar-refractivity contribution is 0.321. The highest BCUT2D eigenvalue weighted by atomic mass is 35.5. The van der Waals surface area contributed by atoms with Crippen LogP contribution >= 0.6 is 11.6 Å². The average Bonchev–Trinajstić information content (AvgIpc) is 2.11. The van der Waals surface area contributed by atoms with E-state index in [0.717, 1.165) is 18.3 Å². The lowest BCUT2D eigenvalue weighted by Crippen LogP contribution is -2.30. The molecule has 3 nitrogen and oxygen atoms in total. The van der Waals surface area contributed by atoms with Crippen LogP contribution in [0.3, 0.4) is 0 Å². The van der Waals surface area contributed by atoms with Gasteiger partial charge in [-0.1, -0.05) is 18.0 Å². The van der Waals surface area contributed by atoms with E-state index in [1.807, 2.05) is 7.05 Å². The molecule has 0 aliphatic heterocycles. The molecule has 1 aliphatic carbocycles. The number of rotatable bonds is 3. The van der Waals surface area contributed by atoms with E-state index in [1.54, 1.807) is 12.3 Å². The zero-order valence-corrected chi connectivity index (χ0v) is 9.67. The molecule has 15 heavy (non-hydrogen) atoms. The largest absolute Gasteiger partial charge is 0.396 e. The Morgan fingerprint density at radius 2 is 2.33 bits per heavy atom. The number of nitrogen functional groups attached to an aromatic ring is 1. The van der Waals surface area contributed by atoms with Crippen LogP contribution < -0.4 is 10.6 Å². The fourth-order valence-corrected chi connectivity index (χ4v) is 2.08. The Kier molecular flexibility index (Phi) is 3.00. The van der Waals surface area contributed by atoms with Crippen LogP contribution in [0.25, 0.3) is 0 Å². The minimum Gasteiger partial charge on any atom is -0.396 e. The SMILES string of the molecule is CN(CC1CCC1)c1ncc(Cl)cc1N. The Balaban J connectivity index is 2.06. The third kappa shape index (κ3) is 2.34. The molecule has 1 heterocycles. The van der Waals surface area contributed by atoms with Crippen molar-refractivity contribution in [3.63, 3.8) is 0 Å². The minimum absolute atomic E-state index is 0.591. The number of anilines is 2. The number of halogens is 1. The molecule has 0 spiro atoms. The van der Waals surface area contributed by atoms with Crippen LogP contribution in [0, 0.1) is 5.92 Å². The van der Waals surface area contributed by atoms with Gasteiger partial charge in [0.05, 0.1) is 10.7 Å². The molecular formula is C11H16ClN3. The first kappa shape index (κ1) is 10.6. The summed E-state index contributed by atoms with van der Waals surface area (Å²) in [7, 11) is 2.03. The number of nitrogens with zero attached hydrogens (tertiary/aromatic N) is 2. The highest BCUT2D eigenvalue weighted by molar-refractivity contribution is 6.30. The van der Waals surface area contributed by atoms with E-state index in [9.17, 15) is 0 Å². The maximum absolute atomic E-state index is 5.87. The maximum Gasteiger partial charge on any atom is 0.151 e. The van der Waals surface area contributed by atoms with Crippen molar-refractivity contribution >= 4 is 23.1 Å². The van der Waals surface area contributed by atoms with E-state index >= 15 is 0 Å². The predicted molar refractivity (Wildman–Crippen MR) is 64.3 cm³/mol. The lowest BCUT2D eigenvalue weighted by Gasteiger charge is -2.31. The quantitative estimate of drug-likeness (QED) is 0.860. The molecule has 1 aromatic rings. The molecule has 0 radical (unpaired) electrons. The highest BCUT2D eigenvalue weighted by Crippen LogP contribution is 2.29. The molecule has 82 valence electrons. The first-order valence-corrected chi connectivity index (χ1v) is 5.67. The molecule has 0 unspecified atom stereocenters. The third-order valence-corrected chi connectivity index (χ3v) is 3.19. The molecular weight excluding hydrogens is 210 g/mol. The second-order valence-corrected chi connectivity index (χ2v) is 4.68. The molecule has 1 aliphatic rings. The van der Waals surface area contributed by atoms with Crippen LogP contribution in [0.5, 0.6) is 0 Å². The van der Waals surface area contributed by atoms with E-state index in [4.69, 9.17) is 17.3 Å². The molecule has 4 heteroatoms. The molecule has 1 fully saturated rings. The van der Waals surface area contributed by atoms with E-state index in [1.165, 1.54) is 19.3 Å². The van der Waals surface area contributed by atoms with Gasteiger partial charge in [-0.25, -0.2) is 4.98 Å². The van der Waals surface area contributed by atoms with Crippen LogP contribution in [-0.4, -0.2) is 18.6 Å². The summed E-state index contributed by atoms with van der Waals surface area (Å²) in [6.07, 6.45) is 5.67. The third-order valence-electron chi connectivity index (χ3n) is 2.98. The van der Waals surface area contributed by atoms with E-state index in [2.05, 4.69) is 9.88 Å². The fourth-order valence-electron chi connectivity index (χ4n) is 1.92. The molecule has 0 aromatic carbocycles. The summed E-state index contributed by atoms with van der Waals surface area (Å²) in [5, 5.41) is 0.591. The zero-order valence-electron chi connectivity index (χ0n) is 8.91. The number of hydrogen-bond acceptors (Lipinski definition) is 3. The monoisotopic (exact) mass is 225 g/mol. The summed E-state index contributed by atoms with van der Waals surface area (Å²) in [4.78, 5) is 6.38. The van der Waals surface area contributed by atoms with Gasteiger partial charge < -0.3 is 10.6 Å². The van der Waals surface area contributed by atoms with Crippen LogP contribution in [-0.2, 0) is 0 Å². The van der Waals surface area contributed by atoms with Gasteiger partial charge in [0, 0.05) is 19.8 Å². The van der Waals surface area contributed by atoms with Crippen molar-refractivity contribution in [2.45, 2.75) is 19.3 Å². The predicted octanol–water partition coefficient (Wildman–Crippen LogP) is 2.55. The van der Waals surface area contributed by atoms with Gasteiger partial charge in [0.25, 0.3) is 0 Å². The number of hydrogen-bond donors (Lipinski definition) is 1. The topological polar surface area (TPSA) is 42.2 Å². The van der Waals surface area contributed by atoms with E-state index in [0.29, 0.717) is 10.7 Å². The molecule has 0 atom stereocenters. The van der Waals surface area contributed by atoms with Gasteiger partial charge in [-0.05, 0) is 24.8 Å². The fraction of sp³-hybridized carbons (Fsp3) is 0.545. The molecule has 1 aromatic heterocycles. The van der Waals surface area contributed by atoms with E-state index in [-0.39, 0.29) is 0 Å². The Morgan fingerprint density at radius 1 is 1.60 bits per heavy atom. The Hall–Kier alpha value is -0.960. The molecule has 0 bridgehead atoms. The van der Waals surface area contributed by atoms with Crippen molar-refractivity contribution in [3.8, 4) is 0 Å². The van der Waals surface area contributed by atoms with E-state index < -0.39 is 0 Å². The molecule has 0 amide bonds. The summed E-state index contributed by atoms with van der Waals surface area (Å²) in [5.74, 6) is 1.65. The van der Waals surface area contributed by atoms with Crippen LogP contribution in [0.15, 0.2) is 12.3 Å². The Bertz CT molecular complexity index is 350. The van der Waals surface area contributed by atoms with Gasteiger partial charge in [-0.2, -0.15) is 0 Å². The molecule has 2 rings (SSSR count). The summed E-state index contributed by atoms with van der Waals surface area (Å²) < 4.78 is 0. The highest BCUT2D eigenvalue weighted by Gasteiger charge is 2.20. The minimum atomic E-state index is 0.591. The second kappa shape index (κ2) is 4.27. The first-order valence-electron chi connectivity index (χ1n) is 5.29. The van der Waals surface area contributed by atoms with Crippen LogP contribution in [0.1, 0.15) is 19.3 Å². The van der Waals surface area contributed by atoms with Crippen LogP contribution in [0.2, 0.25) is 5.02 Å². The van der Waals surface area contributed by atoms with Crippen molar-refractivity contribution < 1.29 is 0 Å². The molecule has 0 saturated heterocycles. The molecule has 1 saturated carbocycles. The van der Waals surface area contributed by atoms with Crippen molar-refractivity contribution in [2.75, 3.05) is 24.2 Å². The molecule has 2 N–H and O–H groups in total. The van der Waals surface area contributed by atoms with Gasteiger partial charge in [0.15, 0.2) is 5.82 Å². The lowest BCUT2D eigenvalue weighted by atomic mass is 9.85. The van der Waals surface area contributed by atoms with Gasteiger partial charge in [-0.3, -0.25) is 0 Å². The Labute approximate surface area is 95.2 Å². The second-order valence-electron chi connectivity index (χ2n) is 4.24. The van der Waals surface area contributed by atoms with Crippen molar-refractivity contribution in [1.82, 2.24) is 4.98 Å². The van der Waals surface area contributed by atoms with Gasteiger partial charge in [0.2, 0.25) is 0 Å². The maximum atomic E-state index is 5.87. The normalized spacial score (nSPS) is 16.1. The summed E-state index contributed by atoms with van der Waals surface area (Å²) in [6, 6.07) is 1.75. The average molecular weight is 226 g/mol. The van der Waals surface area contributed by atoms with Gasteiger partial charge in [0.1, 0.15) is 0 Å². The Morgan fingerprint density at radius 3 is 2.87 bits per heavy atom. The van der Waals surface area contributed by atoms with Gasteiger partial charge >= 0.3 is 0 Å². The van der Waals surface area contributed by atoms with Crippen molar-refractivity contribution in [3.05, 3.63) is 17.3 Å². The summed E-state index contributed by atoms with van der Waals surface area (Å²) in [5.41, 5.74) is 6.53. The zero-order chi connectivity index (χ0) is 10.8.